The first-order valence-corrected chi connectivity index (χ1v) is 20.5. The van der Waals surface area contributed by atoms with E-state index in [9.17, 15) is 38.7 Å². The molecular weight excluding hydrogens is 670 g/mol. The molecule has 0 aromatic carbocycles. The SMILES string of the molecule is CCCCCCCC/C=C\CCCCCCCCC(O)C(=O)NC(COC1OC(CO)C(O)C(OS(=O)(=O)O)C1O)C(O)CCCCCCC. The molecule has 0 aliphatic carbocycles. The van der Waals surface area contributed by atoms with Crippen LogP contribution in [0.25, 0.3) is 0 Å². The van der Waals surface area contributed by atoms with Gasteiger partial charge in [-0.05, 0) is 38.5 Å². The van der Waals surface area contributed by atoms with E-state index < -0.39 is 78.5 Å². The van der Waals surface area contributed by atoms with Crippen molar-refractivity contribution in [3.05, 3.63) is 12.2 Å². The van der Waals surface area contributed by atoms with Crippen LogP contribution in [-0.4, -0.2) is 107 Å². The van der Waals surface area contributed by atoms with E-state index in [1.807, 2.05) is 0 Å². The second-order valence-electron chi connectivity index (χ2n) is 13.7. The van der Waals surface area contributed by atoms with Crippen LogP contribution >= 0.6 is 0 Å². The summed E-state index contributed by atoms with van der Waals surface area (Å²) in [5.41, 5.74) is 0. The highest BCUT2D eigenvalue weighted by Crippen LogP contribution is 2.26. The first-order valence-electron chi connectivity index (χ1n) is 19.2. The third-order valence-corrected chi connectivity index (χ3v) is 9.65. The van der Waals surface area contributed by atoms with E-state index in [-0.39, 0.29) is 6.42 Å². The topological polar surface area (TPSA) is 212 Å². The van der Waals surface area contributed by atoms with Crippen molar-refractivity contribution in [2.45, 2.75) is 198 Å². The smallest absolute Gasteiger partial charge is 0.394 e. The number of unbranched alkanes of at least 4 members (excludes halogenated alkanes) is 16. The zero-order chi connectivity index (χ0) is 37.2. The fourth-order valence-electron chi connectivity index (χ4n) is 6.05. The highest BCUT2D eigenvalue weighted by molar-refractivity contribution is 7.80. The summed E-state index contributed by atoms with van der Waals surface area (Å²) in [6.45, 7) is 3.12. The molecule has 0 saturated carbocycles. The van der Waals surface area contributed by atoms with Crippen molar-refractivity contribution in [3.8, 4) is 0 Å². The Labute approximate surface area is 301 Å². The van der Waals surface area contributed by atoms with Crippen LogP contribution in [-0.2, 0) is 28.9 Å². The van der Waals surface area contributed by atoms with Gasteiger partial charge in [-0.1, -0.05) is 122 Å². The van der Waals surface area contributed by atoms with Gasteiger partial charge in [0.05, 0.1) is 25.4 Å². The number of rotatable bonds is 31. The number of carbonyl (C=O) groups excluding carboxylic acids is 1. The van der Waals surface area contributed by atoms with E-state index in [4.69, 9.17) is 14.0 Å². The van der Waals surface area contributed by atoms with Gasteiger partial charge in [0.1, 0.15) is 30.5 Å². The minimum atomic E-state index is -5.10. The summed E-state index contributed by atoms with van der Waals surface area (Å²) >= 11 is 0. The van der Waals surface area contributed by atoms with Crippen molar-refractivity contribution in [1.82, 2.24) is 5.32 Å². The van der Waals surface area contributed by atoms with Crippen molar-refractivity contribution in [2.24, 2.45) is 0 Å². The lowest BCUT2D eigenvalue weighted by atomic mass is 9.99. The van der Waals surface area contributed by atoms with E-state index in [0.29, 0.717) is 19.3 Å². The normalized spacial score (nSPS) is 23.2. The number of aliphatic hydroxyl groups is 5. The van der Waals surface area contributed by atoms with E-state index in [0.717, 1.165) is 70.6 Å². The summed E-state index contributed by atoms with van der Waals surface area (Å²) in [5.74, 6) is -0.683. The van der Waals surface area contributed by atoms with Gasteiger partial charge in [-0.2, -0.15) is 8.42 Å². The molecule has 8 unspecified atom stereocenters. The standard InChI is InChI=1S/C36H69NO12S/c1-3-5-7-9-10-11-12-13-14-15-16-17-18-19-21-23-25-30(40)35(43)37-28(29(39)24-22-20-8-6-4-2)27-47-36-33(42)34(49-50(44,45)46)32(41)31(26-38)48-36/h13-14,28-34,36,38-42H,3-12,15-27H2,1-2H3,(H,37,43)(H,44,45,46)/b14-13-. The lowest BCUT2D eigenvalue weighted by Crippen LogP contribution is -2.61. The Hall–Kier alpha value is -1.20. The number of hydrogen-bond donors (Lipinski definition) is 7. The van der Waals surface area contributed by atoms with E-state index in [2.05, 4.69) is 35.5 Å². The van der Waals surface area contributed by atoms with Crippen molar-refractivity contribution in [1.29, 1.82) is 0 Å². The van der Waals surface area contributed by atoms with Crippen molar-refractivity contribution >= 4 is 16.3 Å². The molecule has 7 N–H and O–H groups in total. The molecule has 0 radical (unpaired) electrons. The van der Waals surface area contributed by atoms with Crippen molar-refractivity contribution in [3.63, 3.8) is 0 Å². The van der Waals surface area contributed by atoms with Crippen molar-refractivity contribution in [2.75, 3.05) is 13.2 Å². The van der Waals surface area contributed by atoms with Crippen molar-refractivity contribution < 1.29 is 57.0 Å². The Bertz CT molecular complexity index is 984. The third kappa shape index (κ3) is 21.4. The van der Waals surface area contributed by atoms with Crippen LogP contribution in [0.4, 0.5) is 0 Å². The molecule has 1 rings (SSSR count). The fourth-order valence-corrected chi connectivity index (χ4v) is 6.55. The quantitative estimate of drug-likeness (QED) is 0.0295. The van der Waals surface area contributed by atoms with E-state index >= 15 is 0 Å². The summed E-state index contributed by atoms with van der Waals surface area (Å²) < 4.78 is 47.1. The fraction of sp³-hybridized carbons (Fsp3) is 0.917. The summed E-state index contributed by atoms with van der Waals surface area (Å²) in [5, 5.41) is 54.6. The Morgan fingerprint density at radius 2 is 1.28 bits per heavy atom. The highest BCUT2D eigenvalue weighted by Gasteiger charge is 2.48. The van der Waals surface area contributed by atoms with Crippen LogP contribution in [0.3, 0.4) is 0 Å². The molecule has 0 aromatic rings. The number of carbonyl (C=O) groups is 1. The van der Waals surface area contributed by atoms with Crippen LogP contribution in [0.5, 0.6) is 0 Å². The summed E-state index contributed by atoms with van der Waals surface area (Å²) in [4.78, 5) is 12.9. The molecule has 1 aliphatic heterocycles. The number of ether oxygens (including phenoxy) is 2. The maximum Gasteiger partial charge on any atom is 0.397 e. The molecule has 50 heavy (non-hydrogen) atoms. The number of amides is 1. The van der Waals surface area contributed by atoms with Crippen LogP contribution in [0.15, 0.2) is 12.2 Å². The Kier molecular flexibility index (Phi) is 26.5. The molecule has 1 fully saturated rings. The highest BCUT2D eigenvalue weighted by atomic mass is 32.3. The van der Waals surface area contributed by atoms with Gasteiger partial charge in [0.2, 0.25) is 5.91 Å². The van der Waals surface area contributed by atoms with Crippen LogP contribution in [0.1, 0.15) is 149 Å². The number of hydrogen-bond acceptors (Lipinski definition) is 11. The average Bonchev–Trinajstić information content (AvgIpc) is 3.08. The summed E-state index contributed by atoms with van der Waals surface area (Å²) in [6, 6.07) is -1.03. The lowest BCUT2D eigenvalue weighted by molar-refractivity contribution is -0.298. The molecule has 14 heteroatoms. The molecule has 13 nitrogen and oxygen atoms in total. The minimum absolute atomic E-state index is 0.253. The van der Waals surface area contributed by atoms with Gasteiger partial charge in [0, 0.05) is 0 Å². The maximum absolute atomic E-state index is 12.9. The molecule has 296 valence electrons. The summed E-state index contributed by atoms with van der Waals surface area (Å²) in [7, 11) is -5.10. The van der Waals surface area contributed by atoms with E-state index in [1.54, 1.807) is 0 Å². The number of aliphatic hydroxyl groups excluding tert-OH is 5. The molecular formula is C36H69NO12S. The zero-order valence-electron chi connectivity index (χ0n) is 30.6. The molecule has 1 amide bonds. The predicted molar refractivity (Wildman–Crippen MR) is 192 cm³/mol. The van der Waals surface area contributed by atoms with Crippen LogP contribution in [0, 0.1) is 0 Å². The number of allylic oxidation sites excluding steroid dienone is 2. The van der Waals surface area contributed by atoms with Gasteiger partial charge in [-0.15, -0.1) is 0 Å². The molecule has 8 atom stereocenters. The minimum Gasteiger partial charge on any atom is -0.394 e. The maximum atomic E-state index is 12.9. The molecule has 0 spiro atoms. The van der Waals surface area contributed by atoms with Crippen LogP contribution < -0.4 is 5.32 Å². The zero-order valence-corrected chi connectivity index (χ0v) is 31.4. The third-order valence-electron chi connectivity index (χ3n) is 9.18. The molecule has 0 aromatic heterocycles. The largest absolute Gasteiger partial charge is 0.397 e. The first-order chi connectivity index (χ1) is 23.9. The predicted octanol–water partition coefficient (Wildman–Crippen LogP) is 4.62. The van der Waals surface area contributed by atoms with E-state index in [1.165, 1.54) is 38.5 Å². The molecule has 1 aliphatic rings. The van der Waals surface area contributed by atoms with Gasteiger partial charge in [-0.3, -0.25) is 9.35 Å². The van der Waals surface area contributed by atoms with Gasteiger partial charge >= 0.3 is 10.4 Å². The van der Waals surface area contributed by atoms with Gasteiger partial charge in [0.15, 0.2) is 6.29 Å². The molecule has 1 heterocycles. The van der Waals surface area contributed by atoms with Gasteiger partial charge in [-0.25, -0.2) is 4.18 Å². The first kappa shape index (κ1) is 46.8. The summed E-state index contributed by atoms with van der Waals surface area (Å²) in [6.07, 6.45) is 14.8. The molecule has 0 bridgehead atoms. The monoisotopic (exact) mass is 739 g/mol. The second-order valence-corrected chi connectivity index (χ2v) is 14.7. The second kappa shape index (κ2) is 28.3. The molecule has 1 saturated heterocycles. The Balaban J connectivity index is 2.54. The Morgan fingerprint density at radius 1 is 0.780 bits per heavy atom. The number of nitrogens with one attached hydrogen (secondary N) is 1. The van der Waals surface area contributed by atoms with Gasteiger partial charge < -0.3 is 40.3 Å². The van der Waals surface area contributed by atoms with Crippen LogP contribution in [0.2, 0.25) is 0 Å². The van der Waals surface area contributed by atoms with Gasteiger partial charge in [0.25, 0.3) is 0 Å². The Morgan fingerprint density at radius 3 is 1.80 bits per heavy atom. The lowest BCUT2D eigenvalue weighted by Gasteiger charge is -2.41. The average molecular weight is 740 g/mol.